The minimum Gasteiger partial charge on any atom is -0.241 e. The number of hydrogen-bond acceptors (Lipinski definition) is 1. The molecule has 0 fully saturated rings. The summed E-state index contributed by atoms with van der Waals surface area (Å²) in [6, 6.07) is 16.0. The van der Waals surface area contributed by atoms with Gasteiger partial charge in [0.2, 0.25) is 0 Å². The van der Waals surface area contributed by atoms with Gasteiger partial charge >= 0.3 is 0 Å². The van der Waals surface area contributed by atoms with Crippen LogP contribution in [0, 0.1) is 0 Å². The highest BCUT2D eigenvalue weighted by molar-refractivity contribution is 5.83. The van der Waals surface area contributed by atoms with Gasteiger partial charge in [0.25, 0.3) is 0 Å². The summed E-state index contributed by atoms with van der Waals surface area (Å²) in [6.45, 7) is 15.8. The van der Waals surface area contributed by atoms with E-state index in [4.69, 9.17) is 0 Å². The standard InChI is InChI=1S/C27H34N2.C2H6/c1-6-9-15-27(5)22-14-11-10-13-20(22)21-18-24(26(4,7-2)8-3)25(19-23(21)27)29-17-12-16-28-29;1-2/h10-14,16-19H,6-9,15H2,1-5H3;1-2H3. The van der Waals surface area contributed by atoms with Crippen molar-refractivity contribution in [3.63, 3.8) is 0 Å². The van der Waals surface area contributed by atoms with Crippen molar-refractivity contribution in [3.8, 4) is 16.8 Å². The lowest BCUT2D eigenvalue weighted by atomic mass is 9.73. The fourth-order valence-corrected chi connectivity index (χ4v) is 5.13. The maximum atomic E-state index is 4.63. The summed E-state index contributed by atoms with van der Waals surface area (Å²) in [5.41, 5.74) is 8.67. The summed E-state index contributed by atoms with van der Waals surface area (Å²) >= 11 is 0. The Bertz CT molecular complexity index is 996. The van der Waals surface area contributed by atoms with E-state index >= 15 is 0 Å². The van der Waals surface area contributed by atoms with Crippen molar-refractivity contribution in [2.24, 2.45) is 0 Å². The summed E-state index contributed by atoms with van der Waals surface area (Å²) in [5.74, 6) is 0. The molecule has 0 radical (unpaired) electrons. The van der Waals surface area contributed by atoms with Crippen molar-refractivity contribution in [2.45, 2.75) is 91.4 Å². The lowest BCUT2D eigenvalue weighted by molar-refractivity contribution is 0.436. The van der Waals surface area contributed by atoms with Crippen molar-refractivity contribution >= 4 is 0 Å². The van der Waals surface area contributed by atoms with E-state index in [9.17, 15) is 0 Å². The maximum Gasteiger partial charge on any atom is 0.0686 e. The first-order valence-corrected chi connectivity index (χ1v) is 12.3. The van der Waals surface area contributed by atoms with Gasteiger partial charge in [0, 0.05) is 17.8 Å². The average Bonchev–Trinajstić information content (AvgIpc) is 3.44. The van der Waals surface area contributed by atoms with E-state index in [-0.39, 0.29) is 10.8 Å². The molecular weight excluding hydrogens is 376 g/mol. The molecule has 0 N–H and O–H groups in total. The molecule has 0 saturated carbocycles. The molecule has 31 heavy (non-hydrogen) atoms. The zero-order valence-electron chi connectivity index (χ0n) is 20.6. The van der Waals surface area contributed by atoms with Crippen molar-refractivity contribution in [1.82, 2.24) is 9.78 Å². The number of unbranched alkanes of at least 4 members (excludes halogenated alkanes) is 1. The van der Waals surface area contributed by atoms with Crippen molar-refractivity contribution in [3.05, 3.63) is 71.5 Å². The molecule has 2 heteroatoms. The van der Waals surface area contributed by atoms with Crippen molar-refractivity contribution in [2.75, 3.05) is 0 Å². The predicted molar refractivity (Wildman–Crippen MR) is 134 cm³/mol. The van der Waals surface area contributed by atoms with Gasteiger partial charge in [-0.3, -0.25) is 0 Å². The summed E-state index contributed by atoms with van der Waals surface area (Å²) < 4.78 is 2.07. The van der Waals surface area contributed by atoms with Crippen LogP contribution in [0.4, 0.5) is 0 Å². The van der Waals surface area contributed by atoms with Crippen LogP contribution in [0.2, 0.25) is 0 Å². The van der Waals surface area contributed by atoms with E-state index in [2.05, 4.69) is 87.0 Å². The Balaban J connectivity index is 0.00000132. The zero-order chi connectivity index (χ0) is 22.6. The normalized spacial score (nSPS) is 17.0. The Morgan fingerprint density at radius 1 is 0.935 bits per heavy atom. The summed E-state index contributed by atoms with van der Waals surface area (Å²) in [6.07, 6.45) is 9.85. The highest BCUT2D eigenvalue weighted by Gasteiger charge is 2.40. The fraction of sp³-hybridized carbons (Fsp3) is 0.483. The third kappa shape index (κ3) is 3.86. The van der Waals surface area contributed by atoms with Crippen LogP contribution in [0.1, 0.15) is 97.3 Å². The average molecular weight is 417 g/mol. The molecule has 1 atom stereocenters. The zero-order valence-corrected chi connectivity index (χ0v) is 20.6. The van der Waals surface area contributed by atoms with E-state index in [0.29, 0.717) is 0 Å². The highest BCUT2D eigenvalue weighted by Crippen LogP contribution is 2.53. The lowest BCUT2D eigenvalue weighted by Crippen LogP contribution is -2.24. The molecule has 1 unspecified atom stereocenters. The van der Waals surface area contributed by atoms with Crippen LogP contribution in [0.5, 0.6) is 0 Å². The number of aromatic nitrogens is 2. The molecule has 0 aliphatic heterocycles. The Morgan fingerprint density at radius 2 is 1.65 bits per heavy atom. The molecule has 1 heterocycles. The number of rotatable bonds is 7. The van der Waals surface area contributed by atoms with Gasteiger partial charge < -0.3 is 0 Å². The third-order valence-electron chi connectivity index (χ3n) is 7.53. The second kappa shape index (κ2) is 9.42. The van der Waals surface area contributed by atoms with Gasteiger partial charge in [-0.05, 0) is 70.7 Å². The first-order chi connectivity index (χ1) is 15.0. The van der Waals surface area contributed by atoms with Gasteiger partial charge in [-0.2, -0.15) is 5.10 Å². The minimum absolute atomic E-state index is 0.0667. The molecule has 0 spiro atoms. The van der Waals surface area contributed by atoms with Gasteiger partial charge in [-0.1, -0.05) is 85.6 Å². The number of nitrogens with zero attached hydrogens (tertiary/aromatic N) is 2. The van der Waals surface area contributed by atoms with Crippen LogP contribution in [-0.2, 0) is 10.8 Å². The summed E-state index contributed by atoms with van der Waals surface area (Å²) in [7, 11) is 0. The SMILES string of the molecule is CC.CCCCC1(C)c2ccccc2-c2cc(C(C)(CC)CC)c(-n3cccn3)cc21. The molecule has 0 saturated heterocycles. The highest BCUT2D eigenvalue weighted by atomic mass is 15.3. The van der Waals surface area contributed by atoms with Crippen LogP contribution < -0.4 is 0 Å². The molecule has 166 valence electrons. The molecular formula is C29H40N2. The van der Waals surface area contributed by atoms with Gasteiger partial charge in [0.05, 0.1) is 5.69 Å². The van der Waals surface area contributed by atoms with Crippen LogP contribution in [-0.4, -0.2) is 9.78 Å². The number of benzene rings is 2. The molecule has 4 rings (SSSR count). The molecule has 0 amide bonds. The van der Waals surface area contributed by atoms with Crippen molar-refractivity contribution in [1.29, 1.82) is 0 Å². The Labute approximate surface area is 189 Å². The fourth-order valence-electron chi connectivity index (χ4n) is 5.13. The number of hydrogen-bond donors (Lipinski definition) is 0. The Kier molecular flexibility index (Phi) is 7.09. The van der Waals surface area contributed by atoms with E-state index in [1.54, 1.807) is 0 Å². The Hall–Kier alpha value is -2.35. The first kappa shape index (κ1) is 23.3. The van der Waals surface area contributed by atoms with Gasteiger partial charge in [0.1, 0.15) is 0 Å². The van der Waals surface area contributed by atoms with Crippen LogP contribution in [0.3, 0.4) is 0 Å². The smallest absolute Gasteiger partial charge is 0.0686 e. The van der Waals surface area contributed by atoms with Gasteiger partial charge in [0.15, 0.2) is 0 Å². The van der Waals surface area contributed by atoms with Gasteiger partial charge in [-0.15, -0.1) is 0 Å². The van der Waals surface area contributed by atoms with Crippen LogP contribution >= 0.6 is 0 Å². The monoisotopic (exact) mass is 416 g/mol. The van der Waals surface area contributed by atoms with E-state index in [0.717, 1.165) is 12.8 Å². The summed E-state index contributed by atoms with van der Waals surface area (Å²) in [4.78, 5) is 0. The van der Waals surface area contributed by atoms with Gasteiger partial charge in [-0.25, -0.2) is 4.68 Å². The predicted octanol–water partition coefficient (Wildman–Crippen LogP) is 8.45. The second-order valence-corrected chi connectivity index (χ2v) is 9.11. The quantitative estimate of drug-likeness (QED) is 0.378. The lowest BCUT2D eigenvalue weighted by Gasteiger charge is -2.32. The molecule has 0 bridgehead atoms. The molecule has 1 aromatic heterocycles. The largest absolute Gasteiger partial charge is 0.241 e. The minimum atomic E-state index is 0.0667. The van der Waals surface area contributed by atoms with E-state index < -0.39 is 0 Å². The molecule has 1 aliphatic carbocycles. The summed E-state index contributed by atoms with van der Waals surface area (Å²) in [5, 5.41) is 4.63. The van der Waals surface area contributed by atoms with Crippen LogP contribution in [0.25, 0.3) is 16.8 Å². The number of fused-ring (bicyclic) bond motifs is 3. The van der Waals surface area contributed by atoms with E-state index in [1.165, 1.54) is 52.8 Å². The van der Waals surface area contributed by atoms with Crippen molar-refractivity contribution < 1.29 is 0 Å². The second-order valence-electron chi connectivity index (χ2n) is 9.11. The third-order valence-corrected chi connectivity index (χ3v) is 7.53. The van der Waals surface area contributed by atoms with Crippen LogP contribution in [0.15, 0.2) is 54.9 Å². The molecule has 2 nitrogen and oxygen atoms in total. The molecule has 3 aromatic rings. The Morgan fingerprint density at radius 3 is 2.26 bits per heavy atom. The maximum absolute atomic E-state index is 4.63. The first-order valence-electron chi connectivity index (χ1n) is 12.3. The molecule has 2 aromatic carbocycles. The topological polar surface area (TPSA) is 17.8 Å². The van der Waals surface area contributed by atoms with E-state index in [1.807, 2.05) is 26.1 Å². The molecule has 1 aliphatic rings.